The van der Waals surface area contributed by atoms with Gasteiger partial charge >= 0.3 is 0 Å². The van der Waals surface area contributed by atoms with E-state index in [1.807, 2.05) is 17.8 Å². The number of ether oxygens (including phenoxy) is 1. The van der Waals surface area contributed by atoms with Crippen molar-refractivity contribution in [3.8, 4) is 5.75 Å². The van der Waals surface area contributed by atoms with Crippen molar-refractivity contribution in [2.75, 3.05) is 7.05 Å². The lowest BCUT2D eigenvalue weighted by molar-refractivity contribution is 0.0747. The molecule has 2 heterocycles. The maximum absolute atomic E-state index is 12.6. The first-order valence-electron chi connectivity index (χ1n) is 8.51. The Labute approximate surface area is 181 Å². The predicted molar refractivity (Wildman–Crippen MR) is 111 cm³/mol. The molecule has 0 N–H and O–H groups in total. The Morgan fingerprint density at radius 3 is 2.79 bits per heavy atom. The molecule has 0 aliphatic rings. The molecule has 0 unspecified atom stereocenters. The average molecular weight is 487 g/mol. The van der Waals surface area contributed by atoms with Gasteiger partial charge in [-0.1, -0.05) is 23.2 Å². The van der Waals surface area contributed by atoms with Gasteiger partial charge in [0, 0.05) is 24.8 Å². The van der Waals surface area contributed by atoms with E-state index in [2.05, 4.69) is 21.0 Å². The summed E-state index contributed by atoms with van der Waals surface area (Å²) in [6, 6.07) is 8.29. The van der Waals surface area contributed by atoms with Crippen molar-refractivity contribution in [2.45, 2.75) is 26.6 Å². The Morgan fingerprint density at radius 1 is 1.32 bits per heavy atom. The molecule has 6 nitrogen and oxygen atoms in total. The zero-order valence-electron chi connectivity index (χ0n) is 15.3. The second kappa shape index (κ2) is 9.03. The minimum Gasteiger partial charge on any atom is -0.484 e. The molecular weight excluding hydrogens is 469 g/mol. The maximum atomic E-state index is 12.6. The first kappa shape index (κ1) is 20.8. The van der Waals surface area contributed by atoms with Crippen molar-refractivity contribution < 1.29 is 13.9 Å². The van der Waals surface area contributed by atoms with Crippen LogP contribution in [-0.4, -0.2) is 27.6 Å². The Morgan fingerprint density at radius 2 is 2.11 bits per heavy atom. The fourth-order valence-corrected chi connectivity index (χ4v) is 3.41. The number of aryl methyl sites for hydroxylation is 1. The number of nitrogens with zero attached hydrogens (tertiary/aromatic N) is 3. The molecular formula is C19H18BrCl2N3O3. The van der Waals surface area contributed by atoms with Crippen molar-refractivity contribution in [1.82, 2.24) is 14.7 Å². The number of halogens is 3. The van der Waals surface area contributed by atoms with Crippen LogP contribution < -0.4 is 4.74 Å². The van der Waals surface area contributed by atoms with Crippen LogP contribution in [0.25, 0.3) is 0 Å². The van der Waals surface area contributed by atoms with Crippen LogP contribution in [0.1, 0.15) is 28.9 Å². The highest BCUT2D eigenvalue weighted by molar-refractivity contribution is 9.10. The summed E-state index contributed by atoms with van der Waals surface area (Å²) < 4.78 is 13.9. The summed E-state index contributed by atoms with van der Waals surface area (Å²) in [4.78, 5) is 14.2. The van der Waals surface area contributed by atoms with Crippen molar-refractivity contribution >= 4 is 45.0 Å². The van der Waals surface area contributed by atoms with Crippen LogP contribution in [0.3, 0.4) is 0 Å². The van der Waals surface area contributed by atoms with E-state index in [4.69, 9.17) is 32.4 Å². The van der Waals surface area contributed by atoms with E-state index in [0.717, 1.165) is 16.7 Å². The van der Waals surface area contributed by atoms with Gasteiger partial charge in [-0.3, -0.25) is 9.48 Å². The smallest absolute Gasteiger partial charge is 0.289 e. The Hall–Kier alpha value is -1.96. The molecule has 0 fully saturated rings. The maximum Gasteiger partial charge on any atom is 0.289 e. The van der Waals surface area contributed by atoms with Gasteiger partial charge in [-0.2, -0.15) is 5.10 Å². The Balaban J connectivity index is 1.62. The van der Waals surface area contributed by atoms with E-state index >= 15 is 0 Å². The molecule has 9 heteroatoms. The third-order valence-corrected chi connectivity index (χ3v) is 5.17. The van der Waals surface area contributed by atoms with Gasteiger partial charge in [0.25, 0.3) is 5.91 Å². The molecule has 28 heavy (non-hydrogen) atoms. The lowest BCUT2D eigenvalue weighted by atomic mass is 10.3. The number of aromatic nitrogens is 2. The van der Waals surface area contributed by atoms with E-state index in [1.54, 1.807) is 42.3 Å². The molecule has 1 amide bonds. The summed E-state index contributed by atoms with van der Waals surface area (Å²) in [5, 5.41) is 5.37. The highest BCUT2D eigenvalue weighted by Gasteiger charge is 2.19. The summed E-state index contributed by atoms with van der Waals surface area (Å²) in [7, 11) is 1.70. The largest absolute Gasteiger partial charge is 0.484 e. The van der Waals surface area contributed by atoms with E-state index in [9.17, 15) is 4.79 Å². The van der Waals surface area contributed by atoms with Gasteiger partial charge in [-0.25, -0.2) is 0 Å². The summed E-state index contributed by atoms with van der Waals surface area (Å²) in [5.74, 6) is 0.992. The van der Waals surface area contributed by atoms with E-state index in [0.29, 0.717) is 28.1 Å². The minimum atomic E-state index is -0.242. The molecule has 2 aromatic heterocycles. The van der Waals surface area contributed by atoms with Crippen LogP contribution in [0.4, 0.5) is 0 Å². The molecule has 3 rings (SSSR count). The quantitative estimate of drug-likeness (QED) is 0.447. The van der Waals surface area contributed by atoms with Crippen molar-refractivity contribution in [1.29, 1.82) is 0 Å². The van der Waals surface area contributed by atoms with Gasteiger partial charge in [0.05, 0.1) is 21.7 Å². The fourth-order valence-electron chi connectivity index (χ4n) is 2.50. The second-order valence-corrected chi connectivity index (χ2v) is 7.77. The molecule has 148 valence electrons. The molecule has 0 saturated carbocycles. The number of hydrogen-bond acceptors (Lipinski definition) is 4. The van der Waals surface area contributed by atoms with Gasteiger partial charge in [-0.15, -0.1) is 0 Å². The second-order valence-electron chi connectivity index (χ2n) is 6.07. The molecule has 0 spiro atoms. The molecule has 0 aliphatic heterocycles. The van der Waals surface area contributed by atoms with Gasteiger partial charge < -0.3 is 14.1 Å². The highest BCUT2D eigenvalue weighted by atomic mass is 79.9. The summed E-state index contributed by atoms with van der Waals surface area (Å²) >= 11 is 15.4. The van der Waals surface area contributed by atoms with Crippen molar-refractivity contribution in [2.24, 2.45) is 0 Å². The van der Waals surface area contributed by atoms with E-state index in [1.165, 1.54) is 0 Å². The van der Waals surface area contributed by atoms with Crippen LogP contribution in [0.2, 0.25) is 10.0 Å². The first-order chi connectivity index (χ1) is 13.4. The Kier molecular flexibility index (Phi) is 6.69. The third kappa shape index (κ3) is 4.90. The van der Waals surface area contributed by atoms with Crippen LogP contribution in [0.15, 0.2) is 45.4 Å². The number of carbonyl (C=O) groups excluding carboxylic acids is 1. The van der Waals surface area contributed by atoms with E-state index < -0.39 is 0 Å². The van der Waals surface area contributed by atoms with Crippen LogP contribution in [-0.2, 0) is 19.7 Å². The summed E-state index contributed by atoms with van der Waals surface area (Å²) in [6.07, 6.45) is 1.89. The monoisotopic (exact) mass is 485 g/mol. The number of carbonyl (C=O) groups is 1. The van der Waals surface area contributed by atoms with Crippen LogP contribution >= 0.6 is 39.1 Å². The topological polar surface area (TPSA) is 60.5 Å². The summed E-state index contributed by atoms with van der Waals surface area (Å²) in [5.41, 5.74) is 0.783. The zero-order chi connectivity index (χ0) is 20.3. The van der Waals surface area contributed by atoms with Crippen LogP contribution in [0.5, 0.6) is 5.75 Å². The number of benzene rings is 1. The fraction of sp³-hybridized carbons (Fsp3) is 0.263. The normalized spacial score (nSPS) is 10.9. The third-order valence-electron chi connectivity index (χ3n) is 3.98. The first-order valence-corrected chi connectivity index (χ1v) is 10.1. The van der Waals surface area contributed by atoms with E-state index in [-0.39, 0.29) is 18.3 Å². The number of rotatable bonds is 7. The van der Waals surface area contributed by atoms with Crippen molar-refractivity contribution in [3.05, 3.63) is 68.3 Å². The minimum absolute atomic E-state index is 0.144. The molecule has 0 saturated heterocycles. The highest BCUT2D eigenvalue weighted by Crippen LogP contribution is 2.28. The van der Waals surface area contributed by atoms with Gasteiger partial charge in [-0.05, 0) is 53.2 Å². The van der Waals surface area contributed by atoms with Crippen molar-refractivity contribution in [3.63, 3.8) is 0 Å². The molecule has 0 atom stereocenters. The lowest BCUT2D eigenvalue weighted by Crippen LogP contribution is -2.26. The number of furan rings is 1. The molecule has 3 aromatic rings. The molecule has 0 radical (unpaired) electrons. The van der Waals surface area contributed by atoms with Gasteiger partial charge in [0.1, 0.15) is 18.1 Å². The lowest BCUT2D eigenvalue weighted by Gasteiger charge is -2.14. The number of hydrogen-bond donors (Lipinski definition) is 0. The van der Waals surface area contributed by atoms with Crippen LogP contribution in [0, 0.1) is 0 Å². The molecule has 0 bridgehead atoms. The SMILES string of the molecule is CCn1cc(Br)c(CN(C)C(=O)c2ccc(COc3ccc(Cl)cc3Cl)o2)n1. The Bertz CT molecular complexity index is 987. The standard InChI is InChI=1S/C19H18BrCl2N3O3/c1-3-25-9-14(20)16(23-25)10-24(2)19(26)18-7-5-13(28-18)11-27-17-6-4-12(21)8-15(17)22/h4-9H,3,10-11H2,1-2H3. The van der Waals surface area contributed by atoms with Gasteiger partial charge in [0.15, 0.2) is 5.76 Å². The van der Waals surface area contributed by atoms with Gasteiger partial charge in [0.2, 0.25) is 0 Å². The molecule has 0 aliphatic carbocycles. The predicted octanol–water partition coefficient (Wildman–Crippen LogP) is 5.42. The number of amides is 1. The average Bonchev–Trinajstić information content (AvgIpc) is 3.27. The molecule has 1 aromatic carbocycles. The summed E-state index contributed by atoms with van der Waals surface area (Å²) in [6.45, 7) is 3.27. The zero-order valence-corrected chi connectivity index (χ0v) is 18.4.